The van der Waals surface area contributed by atoms with E-state index in [2.05, 4.69) is 0 Å². The van der Waals surface area contributed by atoms with Gasteiger partial charge in [-0.15, -0.1) is 0 Å². The van der Waals surface area contributed by atoms with Gasteiger partial charge in [0.2, 0.25) is 10.0 Å². The largest absolute Gasteiger partial charge is 0.397 e. The van der Waals surface area contributed by atoms with Crippen molar-refractivity contribution in [2.45, 2.75) is 4.90 Å². The highest BCUT2D eigenvalue weighted by Crippen LogP contribution is 2.26. The number of hydrogen-bond acceptors (Lipinski definition) is 5. The summed E-state index contributed by atoms with van der Waals surface area (Å²) in [5, 5.41) is 10.4. The highest BCUT2D eigenvalue weighted by atomic mass is 32.2. The molecule has 0 saturated carbocycles. The maximum atomic E-state index is 13.4. The Morgan fingerprint density at radius 3 is 2.44 bits per heavy atom. The Hall–Kier alpha value is -1.74. The molecule has 3 N–H and O–H groups in total. The summed E-state index contributed by atoms with van der Waals surface area (Å²) >= 11 is 0. The summed E-state index contributed by atoms with van der Waals surface area (Å²) in [6.07, 6.45) is 0. The summed E-state index contributed by atoms with van der Waals surface area (Å²) in [6.45, 7) is 0. The summed E-state index contributed by atoms with van der Waals surface area (Å²) < 4.78 is 37.9. The third kappa shape index (κ3) is 2.09. The van der Waals surface area contributed by atoms with Crippen LogP contribution < -0.4 is 10.5 Å². The maximum absolute atomic E-state index is 13.4. The molecule has 0 fully saturated rings. The number of hydrogen-bond donors (Lipinski definition) is 2. The molecule has 0 heterocycles. The Bertz CT molecular complexity index is 520. The molecule has 0 unspecified atom stereocenters. The Morgan fingerprint density at radius 2 is 2.06 bits per heavy atom. The highest BCUT2D eigenvalue weighted by Gasteiger charge is 2.24. The van der Waals surface area contributed by atoms with Crippen LogP contribution in [0.25, 0.3) is 0 Å². The van der Waals surface area contributed by atoms with Crippen molar-refractivity contribution < 1.29 is 17.7 Å². The van der Waals surface area contributed by atoms with Crippen molar-refractivity contribution in [1.29, 1.82) is 0 Å². The van der Waals surface area contributed by atoms with Crippen molar-refractivity contribution in [3.8, 4) is 0 Å². The van der Waals surface area contributed by atoms with Crippen LogP contribution in [0.2, 0.25) is 0 Å². The maximum Gasteiger partial charge on any atom is 0.274 e. The Kier molecular flexibility index (Phi) is 3.10. The molecule has 0 aromatic heterocycles. The topological polar surface area (TPSA) is 115 Å². The van der Waals surface area contributed by atoms with E-state index in [0.29, 0.717) is 6.07 Å². The van der Waals surface area contributed by atoms with Crippen molar-refractivity contribution in [3.05, 3.63) is 28.1 Å². The van der Waals surface area contributed by atoms with Gasteiger partial charge in [0.05, 0.1) is 16.7 Å². The number of rotatable bonds is 3. The van der Waals surface area contributed by atoms with E-state index in [-0.39, 0.29) is 0 Å². The molecule has 16 heavy (non-hydrogen) atoms. The van der Waals surface area contributed by atoms with Crippen LogP contribution in [0.5, 0.6) is 0 Å². The number of halogens is 1. The molecular weight excluding hydrogens is 241 g/mol. The minimum absolute atomic E-state index is 0.501. The van der Waals surface area contributed by atoms with Gasteiger partial charge in [-0.25, -0.2) is 17.5 Å². The fraction of sp³-hybridized carbons (Fsp3) is 0.143. The molecular formula is C7H8FN3O4S. The van der Waals surface area contributed by atoms with Crippen molar-refractivity contribution >= 4 is 21.4 Å². The molecule has 0 aliphatic rings. The predicted octanol–water partition coefficient (Wildman–Crippen LogP) is 0.224. The van der Waals surface area contributed by atoms with Gasteiger partial charge in [-0.05, 0) is 7.05 Å². The highest BCUT2D eigenvalue weighted by molar-refractivity contribution is 7.89. The molecule has 0 aliphatic carbocycles. The van der Waals surface area contributed by atoms with Gasteiger partial charge >= 0.3 is 0 Å². The molecule has 1 rings (SSSR count). The number of non-ortho nitro benzene ring substituents is 1. The molecule has 0 aliphatic heterocycles. The summed E-state index contributed by atoms with van der Waals surface area (Å²) in [5.74, 6) is -1.26. The number of nitrogens with zero attached hydrogens (tertiary/aromatic N) is 1. The second kappa shape index (κ2) is 4.02. The van der Waals surface area contributed by atoms with Crippen molar-refractivity contribution in [2.75, 3.05) is 12.8 Å². The van der Waals surface area contributed by atoms with Crippen molar-refractivity contribution in [3.63, 3.8) is 0 Å². The molecule has 0 spiro atoms. The van der Waals surface area contributed by atoms with Crippen molar-refractivity contribution in [2.24, 2.45) is 0 Å². The van der Waals surface area contributed by atoms with E-state index in [4.69, 9.17) is 5.73 Å². The van der Waals surface area contributed by atoms with E-state index in [1.54, 1.807) is 0 Å². The Balaban J connectivity index is 3.52. The van der Waals surface area contributed by atoms with Crippen LogP contribution in [0.4, 0.5) is 15.8 Å². The number of anilines is 1. The molecule has 88 valence electrons. The SMILES string of the molecule is CNS(=O)(=O)c1c(N)cc([N+](=O)[O-])cc1F. The van der Waals surface area contributed by atoms with E-state index >= 15 is 0 Å². The first-order valence-electron chi connectivity index (χ1n) is 3.96. The zero-order valence-corrected chi connectivity index (χ0v) is 8.91. The van der Waals surface area contributed by atoms with Crippen LogP contribution in [0.1, 0.15) is 0 Å². The van der Waals surface area contributed by atoms with Gasteiger partial charge in [-0.2, -0.15) is 0 Å². The predicted molar refractivity (Wildman–Crippen MR) is 53.7 cm³/mol. The third-order valence-electron chi connectivity index (χ3n) is 1.81. The van der Waals surface area contributed by atoms with Crippen LogP contribution in [0, 0.1) is 15.9 Å². The fourth-order valence-corrected chi connectivity index (χ4v) is 1.98. The monoisotopic (exact) mass is 249 g/mol. The minimum Gasteiger partial charge on any atom is -0.397 e. The van der Waals surface area contributed by atoms with E-state index in [1.165, 1.54) is 0 Å². The molecule has 0 saturated heterocycles. The quantitative estimate of drug-likeness (QED) is 0.451. The van der Waals surface area contributed by atoms with Crippen LogP contribution in [0.3, 0.4) is 0 Å². The van der Waals surface area contributed by atoms with Gasteiger partial charge in [0.15, 0.2) is 5.82 Å². The lowest BCUT2D eigenvalue weighted by Crippen LogP contribution is -2.21. The van der Waals surface area contributed by atoms with Crippen LogP contribution in [-0.2, 0) is 10.0 Å². The standard InChI is InChI=1S/C7H8FN3O4S/c1-10-16(14,15)7-5(8)2-4(11(12)13)3-6(7)9/h2-3,10H,9H2,1H3. The molecule has 0 radical (unpaired) electrons. The Morgan fingerprint density at radius 1 is 1.50 bits per heavy atom. The number of nitro benzene ring substituents is 1. The number of benzene rings is 1. The molecule has 0 bridgehead atoms. The van der Waals surface area contributed by atoms with E-state index in [9.17, 15) is 22.9 Å². The van der Waals surface area contributed by atoms with Crippen molar-refractivity contribution in [1.82, 2.24) is 4.72 Å². The third-order valence-corrected chi connectivity index (χ3v) is 3.31. The van der Waals surface area contributed by atoms with E-state index in [1.807, 2.05) is 4.72 Å². The fourth-order valence-electron chi connectivity index (χ4n) is 1.09. The first kappa shape index (κ1) is 12.3. The van der Waals surface area contributed by atoms with Crippen LogP contribution in [-0.4, -0.2) is 20.4 Å². The lowest BCUT2D eigenvalue weighted by Gasteiger charge is -2.06. The van der Waals surface area contributed by atoms with Crippen LogP contribution in [0.15, 0.2) is 17.0 Å². The second-order valence-corrected chi connectivity index (χ2v) is 4.63. The van der Waals surface area contributed by atoms with Gasteiger partial charge < -0.3 is 5.73 Å². The number of nitrogen functional groups attached to an aromatic ring is 1. The summed E-state index contributed by atoms with van der Waals surface area (Å²) in [5.41, 5.74) is 4.14. The number of nitrogens with two attached hydrogens (primary N) is 1. The average Bonchev–Trinajstić information content (AvgIpc) is 2.16. The lowest BCUT2D eigenvalue weighted by molar-refractivity contribution is -0.385. The summed E-state index contributed by atoms with van der Waals surface area (Å²) in [7, 11) is -3.00. The lowest BCUT2D eigenvalue weighted by atomic mass is 10.3. The zero-order chi connectivity index (χ0) is 12.5. The first-order valence-corrected chi connectivity index (χ1v) is 5.45. The van der Waals surface area contributed by atoms with Gasteiger partial charge in [-0.1, -0.05) is 0 Å². The Labute approximate surface area is 90.3 Å². The smallest absolute Gasteiger partial charge is 0.274 e. The van der Waals surface area contributed by atoms with E-state index < -0.39 is 37.0 Å². The second-order valence-electron chi connectivity index (χ2n) is 2.81. The van der Waals surface area contributed by atoms with Crippen LogP contribution >= 0.6 is 0 Å². The van der Waals surface area contributed by atoms with E-state index in [0.717, 1.165) is 13.1 Å². The molecule has 0 atom stereocenters. The molecule has 0 amide bonds. The zero-order valence-electron chi connectivity index (χ0n) is 8.10. The summed E-state index contributed by atoms with van der Waals surface area (Å²) in [4.78, 5) is 8.70. The van der Waals surface area contributed by atoms with Gasteiger partial charge in [0, 0.05) is 6.07 Å². The molecule has 1 aromatic rings. The number of sulfonamides is 1. The molecule has 7 nitrogen and oxygen atoms in total. The molecule has 1 aromatic carbocycles. The number of nitro groups is 1. The van der Waals surface area contributed by atoms with Gasteiger partial charge in [0.25, 0.3) is 5.69 Å². The summed E-state index contributed by atoms with van der Waals surface area (Å²) in [6, 6.07) is 1.29. The first-order chi connectivity index (χ1) is 7.29. The van der Waals surface area contributed by atoms with Gasteiger partial charge in [0.1, 0.15) is 4.90 Å². The van der Waals surface area contributed by atoms with Gasteiger partial charge in [-0.3, -0.25) is 10.1 Å². The number of nitrogens with one attached hydrogen (secondary N) is 1. The molecule has 9 heteroatoms. The normalized spacial score (nSPS) is 11.4. The average molecular weight is 249 g/mol. The minimum atomic E-state index is -4.07.